The molecule has 0 aliphatic carbocycles. The molecule has 1 aliphatic heterocycles. The lowest BCUT2D eigenvalue weighted by molar-refractivity contribution is -0.138. The second kappa shape index (κ2) is 9.56. The quantitative estimate of drug-likeness (QED) is 0.599. The van der Waals surface area contributed by atoms with E-state index in [1.165, 1.54) is 0 Å². The number of nitrogens with one attached hydrogen (secondary N) is 1. The van der Waals surface area contributed by atoms with E-state index >= 15 is 0 Å². The summed E-state index contributed by atoms with van der Waals surface area (Å²) >= 11 is 4.86. The Hall–Kier alpha value is -2.16. The molecule has 1 aliphatic rings. The first kappa shape index (κ1) is 20.1. The zero-order chi connectivity index (χ0) is 20.1. The van der Waals surface area contributed by atoms with Crippen LogP contribution >= 0.6 is 34.4 Å². The van der Waals surface area contributed by atoms with Crippen molar-refractivity contribution in [2.45, 2.75) is 25.4 Å². The molecular formula is C21H21N3O2S3. The molecule has 1 saturated heterocycles. The van der Waals surface area contributed by atoms with Crippen molar-refractivity contribution in [2.24, 2.45) is 0 Å². The second-order valence-corrected chi connectivity index (χ2v) is 9.51. The molecule has 1 aromatic carbocycles. The van der Waals surface area contributed by atoms with Gasteiger partial charge in [0, 0.05) is 17.6 Å². The van der Waals surface area contributed by atoms with Gasteiger partial charge < -0.3 is 10.2 Å². The van der Waals surface area contributed by atoms with Crippen molar-refractivity contribution in [3.8, 4) is 9.88 Å². The molecular weight excluding hydrogens is 422 g/mol. The van der Waals surface area contributed by atoms with E-state index in [0.29, 0.717) is 31.0 Å². The molecule has 0 bridgehead atoms. The summed E-state index contributed by atoms with van der Waals surface area (Å²) in [6.07, 6.45) is 1.12. The van der Waals surface area contributed by atoms with Gasteiger partial charge in [0.15, 0.2) is 0 Å². The first-order valence-corrected chi connectivity index (χ1v) is 12.3. The van der Waals surface area contributed by atoms with Crippen molar-refractivity contribution in [1.82, 2.24) is 15.2 Å². The number of benzene rings is 1. The maximum atomic E-state index is 12.7. The number of carbonyl (C=O) groups excluding carboxylic acids is 2. The number of carbonyl (C=O) groups is 2. The average Bonchev–Trinajstić information content (AvgIpc) is 3.51. The van der Waals surface area contributed by atoms with E-state index < -0.39 is 6.04 Å². The Morgan fingerprint density at radius 1 is 1.14 bits per heavy atom. The van der Waals surface area contributed by atoms with Crippen LogP contribution in [0.25, 0.3) is 9.88 Å². The minimum atomic E-state index is -0.404. The fraction of sp³-hybridized carbons (Fsp3) is 0.286. The lowest BCUT2D eigenvalue weighted by Gasteiger charge is -2.23. The number of amides is 2. The van der Waals surface area contributed by atoms with Gasteiger partial charge in [0.25, 0.3) is 0 Å². The molecule has 8 heteroatoms. The number of thiophene rings is 1. The van der Waals surface area contributed by atoms with Gasteiger partial charge in [-0.3, -0.25) is 9.59 Å². The Labute approximate surface area is 182 Å². The molecule has 3 heterocycles. The molecule has 0 saturated carbocycles. The Bertz CT molecular complexity index is 957. The predicted octanol–water partition coefficient (Wildman–Crippen LogP) is 4.02. The molecule has 2 aromatic heterocycles. The number of aromatic nitrogens is 1. The van der Waals surface area contributed by atoms with Crippen molar-refractivity contribution < 1.29 is 9.59 Å². The molecule has 150 valence electrons. The smallest absolute Gasteiger partial charge is 0.244 e. The van der Waals surface area contributed by atoms with Crippen molar-refractivity contribution in [1.29, 1.82) is 0 Å². The summed E-state index contributed by atoms with van der Waals surface area (Å²) in [5.41, 5.74) is 1.98. The van der Waals surface area contributed by atoms with E-state index in [4.69, 9.17) is 0 Å². The maximum absolute atomic E-state index is 12.7. The average molecular weight is 444 g/mol. The second-order valence-electron chi connectivity index (χ2n) is 6.70. The molecule has 0 spiro atoms. The minimum Gasteiger partial charge on any atom is -0.349 e. The van der Waals surface area contributed by atoms with Crippen molar-refractivity contribution in [3.05, 3.63) is 64.5 Å². The normalized spacial score (nSPS) is 16.1. The molecule has 5 nitrogen and oxygen atoms in total. The zero-order valence-electron chi connectivity index (χ0n) is 15.7. The molecule has 1 atom stereocenters. The van der Waals surface area contributed by atoms with Crippen LogP contribution in [0, 0.1) is 0 Å². The van der Waals surface area contributed by atoms with Crippen molar-refractivity contribution >= 4 is 46.2 Å². The third kappa shape index (κ3) is 5.07. The van der Waals surface area contributed by atoms with E-state index in [1.807, 2.05) is 53.2 Å². The third-order valence-corrected chi connectivity index (χ3v) is 7.65. The monoisotopic (exact) mass is 443 g/mol. The van der Waals surface area contributed by atoms with Crippen LogP contribution in [0.4, 0.5) is 0 Å². The number of thioether (sulfide) groups is 1. The van der Waals surface area contributed by atoms with Crippen LogP contribution in [0.5, 0.6) is 0 Å². The van der Waals surface area contributed by atoms with Crippen LogP contribution in [-0.4, -0.2) is 39.4 Å². The highest BCUT2D eigenvalue weighted by molar-refractivity contribution is 7.99. The summed E-state index contributed by atoms with van der Waals surface area (Å²) in [5, 5.41) is 7.93. The number of thiazole rings is 1. The van der Waals surface area contributed by atoms with E-state index in [2.05, 4.69) is 10.3 Å². The topological polar surface area (TPSA) is 62.3 Å². The molecule has 4 rings (SSSR count). The van der Waals surface area contributed by atoms with E-state index in [1.54, 1.807) is 39.3 Å². The van der Waals surface area contributed by atoms with Crippen molar-refractivity contribution in [2.75, 3.05) is 11.6 Å². The van der Waals surface area contributed by atoms with Crippen LogP contribution in [-0.2, 0) is 22.6 Å². The molecule has 3 aromatic rings. The van der Waals surface area contributed by atoms with Crippen LogP contribution < -0.4 is 5.32 Å². The summed E-state index contributed by atoms with van der Waals surface area (Å²) in [5.74, 6) is 1.15. The Balaban J connectivity index is 1.30. The van der Waals surface area contributed by atoms with Gasteiger partial charge in [-0.2, -0.15) is 0 Å². The Kier molecular flexibility index (Phi) is 6.63. The molecule has 1 N–H and O–H groups in total. The largest absolute Gasteiger partial charge is 0.349 e. The highest BCUT2D eigenvalue weighted by Crippen LogP contribution is 2.28. The van der Waals surface area contributed by atoms with E-state index in [0.717, 1.165) is 21.1 Å². The molecule has 29 heavy (non-hydrogen) atoms. The standard InChI is InChI=1S/C21H21N3O2S3/c25-19(9-8-15-5-2-1-3-6-15)24-14-27-13-17(24)20(26)22-11-16-12-29-21(23-16)18-7-4-10-28-18/h1-7,10,12,17H,8-9,11,13-14H2,(H,22,26)/t17-/m1/s1. The first-order chi connectivity index (χ1) is 14.2. The van der Waals surface area contributed by atoms with Gasteiger partial charge >= 0.3 is 0 Å². The van der Waals surface area contributed by atoms with E-state index in [9.17, 15) is 9.59 Å². The highest BCUT2D eigenvalue weighted by atomic mass is 32.2. The first-order valence-electron chi connectivity index (χ1n) is 9.38. The summed E-state index contributed by atoms with van der Waals surface area (Å²) in [6, 6.07) is 13.6. The van der Waals surface area contributed by atoms with Gasteiger partial charge in [0.05, 0.1) is 23.0 Å². The van der Waals surface area contributed by atoms with Gasteiger partial charge in [-0.25, -0.2) is 4.98 Å². The lowest BCUT2D eigenvalue weighted by atomic mass is 10.1. The Morgan fingerprint density at radius 2 is 2.00 bits per heavy atom. The number of hydrogen-bond donors (Lipinski definition) is 1. The number of hydrogen-bond acceptors (Lipinski definition) is 6. The summed E-state index contributed by atoms with van der Waals surface area (Å²) in [7, 11) is 0. The minimum absolute atomic E-state index is 0.0349. The van der Waals surface area contributed by atoms with Gasteiger partial charge in [-0.1, -0.05) is 36.4 Å². The van der Waals surface area contributed by atoms with Crippen LogP contribution in [0.2, 0.25) is 0 Å². The van der Waals surface area contributed by atoms with Gasteiger partial charge in [0.1, 0.15) is 11.0 Å². The lowest BCUT2D eigenvalue weighted by Crippen LogP contribution is -2.47. The van der Waals surface area contributed by atoms with Crippen LogP contribution in [0.1, 0.15) is 17.7 Å². The van der Waals surface area contributed by atoms with Crippen LogP contribution in [0.15, 0.2) is 53.2 Å². The Morgan fingerprint density at radius 3 is 2.79 bits per heavy atom. The number of rotatable bonds is 7. The maximum Gasteiger partial charge on any atom is 0.244 e. The van der Waals surface area contributed by atoms with Crippen molar-refractivity contribution in [3.63, 3.8) is 0 Å². The molecule has 2 amide bonds. The fourth-order valence-corrected chi connectivity index (χ4v) is 5.96. The predicted molar refractivity (Wildman–Crippen MR) is 120 cm³/mol. The summed E-state index contributed by atoms with van der Waals surface area (Å²) in [4.78, 5) is 32.8. The third-order valence-electron chi connectivity index (χ3n) is 4.70. The SMILES string of the molecule is O=C(NCc1csc(-c2cccs2)n1)[C@H]1CSCN1C(=O)CCc1ccccc1. The van der Waals surface area contributed by atoms with E-state index in [-0.39, 0.29) is 11.8 Å². The molecule has 1 fully saturated rings. The van der Waals surface area contributed by atoms with Crippen LogP contribution in [0.3, 0.4) is 0 Å². The number of aryl methyl sites for hydroxylation is 1. The molecule has 0 radical (unpaired) electrons. The highest BCUT2D eigenvalue weighted by Gasteiger charge is 2.34. The number of nitrogens with zero attached hydrogens (tertiary/aromatic N) is 2. The van der Waals surface area contributed by atoms with Gasteiger partial charge in [-0.05, 0) is 23.4 Å². The molecule has 0 unspecified atom stereocenters. The summed E-state index contributed by atoms with van der Waals surface area (Å²) < 4.78 is 0. The fourth-order valence-electron chi connectivity index (χ4n) is 3.14. The van der Waals surface area contributed by atoms with Gasteiger partial charge in [0.2, 0.25) is 11.8 Å². The summed E-state index contributed by atoms with van der Waals surface area (Å²) in [6.45, 7) is 0.383. The van der Waals surface area contributed by atoms with Gasteiger partial charge in [-0.15, -0.1) is 34.4 Å². The zero-order valence-corrected chi connectivity index (χ0v) is 18.2.